The van der Waals surface area contributed by atoms with Gasteiger partial charge in [-0.15, -0.1) is 5.10 Å². The van der Waals surface area contributed by atoms with Gasteiger partial charge in [-0.1, -0.05) is 48.9 Å². The van der Waals surface area contributed by atoms with Gasteiger partial charge in [0, 0.05) is 12.5 Å². The Morgan fingerprint density at radius 1 is 1.21 bits per heavy atom. The van der Waals surface area contributed by atoms with Crippen LogP contribution < -0.4 is 10.6 Å². The fourth-order valence-corrected chi connectivity index (χ4v) is 2.01. The first-order valence-electron chi connectivity index (χ1n) is 7.97. The van der Waals surface area contributed by atoms with Crippen LogP contribution in [0.15, 0.2) is 30.5 Å². The van der Waals surface area contributed by atoms with Gasteiger partial charge in [0.2, 0.25) is 11.8 Å². The number of hydrogen-bond donors (Lipinski definition) is 2. The van der Waals surface area contributed by atoms with Gasteiger partial charge in [0.1, 0.15) is 6.54 Å². The Bertz CT molecular complexity index is 691. The molecule has 0 radical (unpaired) electrons. The lowest BCUT2D eigenvalue weighted by Crippen LogP contribution is -2.29. The van der Waals surface area contributed by atoms with Crippen molar-refractivity contribution in [2.45, 2.75) is 33.7 Å². The number of aryl methyl sites for hydroxylation is 1. The third-order valence-corrected chi connectivity index (χ3v) is 3.48. The van der Waals surface area contributed by atoms with Gasteiger partial charge in [-0.25, -0.2) is 4.68 Å². The van der Waals surface area contributed by atoms with Crippen LogP contribution in [0.3, 0.4) is 0 Å². The second kappa shape index (κ2) is 8.24. The van der Waals surface area contributed by atoms with Crippen LogP contribution in [0.2, 0.25) is 0 Å². The lowest BCUT2D eigenvalue weighted by Gasteiger charge is -2.05. The Morgan fingerprint density at radius 2 is 1.92 bits per heavy atom. The molecule has 2 amide bonds. The molecule has 0 spiro atoms. The molecule has 0 unspecified atom stereocenters. The Labute approximate surface area is 141 Å². The topological polar surface area (TPSA) is 88.9 Å². The van der Waals surface area contributed by atoms with E-state index in [2.05, 4.69) is 45.2 Å². The molecule has 2 aromatic rings. The molecule has 128 valence electrons. The Morgan fingerprint density at radius 3 is 2.58 bits per heavy atom. The SMILES string of the molecule is Cc1ccc(CCNC(=O)Cn2cc(NC(=O)C(C)C)nn2)cc1. The van der Waals surface area contributed by atoms with Crippen LogP contribution in [0, 0.1) is 12.8 Å². The fraction of sp³-hybridized carbons (Fsp3) is 0.412. The van der Waals surface area contributed by atoms with Crippen LogP contribution in [0.1, 0.15) is 25.0 Å². The Kier molecular flexibility index (Phi) is 6.06. The van der Waals surface area contributed by atoms with Crippen molar-refractivity contribution in [3.63, 3.8) is 0 Å². The average Bonchev–Trinajstić information content (AvgIpc) is 2.96. The molecule has 2 rings (SSSR count). The van der Waals surface area contributed by atoms with E-state index in [4.69, 9.17) is 0 Å². The van der Waals surface area contributed by atoms with Gasteiger partial charge in [-0.3, -0.25) is 9.59 Å². The standard InChI is InChI=1S/C17H23N5O2/c1-12(2)17(24)19-15-10-22(21-20-15)11-16(23)18-9-8-14-6-4-13(3)5-7-14/h4-7,10,12H,8-9,11H2,1-3H3,(H,18,23)(H,19,24). The summed E-state index contributed by atoms with van der Waals surface area (Å²) in [6.45, 7) is 6.26. The maximum Gasteiger partial charge on any atom is 0.241 e. The van der Waals surface area contributed by atoms with Gasteiger partial charge in [0.15, 0.2) is 5.82 Å². The highest BCUT2D eigenvalue weighted by molar-refractivity contribution is 5.90. The first kappa shape index (κ1) is 17.7. The first-order valence-corrected chi connectivity index (χ1v) is 7.97. The summed E-state index contributed by atoms with van der Waals surface area (Å²) < 4.78 is 1.40. The second-order valence-electron chi connectivity index (χ2n) is 6.03. The number of carbonyl (C=O) groups excluding carboxylic acids is 2. The molecule has 0 fully saturated rings. The van der Waals surface area contributed by atoms with Crippen molar-refractivity contribution in [3.05, 3.63) is 41.6 Å². The highest BCUT2D eigenvalue weighted by Crippen LogP contribution is 2.04. The monoisotopic (exact) mass is 329 g/mol. The maximum absolute atomic E-state index is 11.9. The number of rotatable bonds is 7. The molecule has 0 atom stereocenters. The van der Waals surface area contributed by atoms with E-state index in [1.165, 1.54) is 15.8 Å². The highest BCUT2D eigenvalue weighted by Gasteiger charge is 2.10. The van der Waals surface area contributed by atoms with E-state index in [0.717, 1.165) is 6.42 Å². The zero-order chi connectivity index (χ0) is 17.5. The smallest absolute Gasteiger partial charge is 0.241 e. The van der Waals surface area contributed by atoms with Crippen molar-refractivity contribution >= 4 is 17.6 Å². The van der Waals surface area contributed by atoms with Crippen molar-refractivity contribution < 1.29 is 9.59 Å². The normalized spacial score (nSPS) is 10.7. The van der Waals surface area contributed by atoms with E-state index in [0.29, 0.717) is 12.4 Å². The van der Waals surface area contributed by atoms with Gasteiger partial charge < -0.3 is 10.6 Å². The lowest BCUT2D eigenvalue weighted by atomic mass is 10.1. The summed E-state index contributed by atoms with van der Waals surface area (Å²) in [4.78, 5) is 23.5. The van der Waals surface area contributed by atoms with Gasteiger partial charge in [0.25, 0.3) is 0 Å². The van der Waals surface area contributed by atoms with Crippen LogP contribution in [-0.4, -0.2) is 33.4 Å². The zero-order valence-corrected chi connectivity index (χ0v) is 14.2. The Hall–Kier alpha value is -2.70. The summed E-state index contributed by atoms with van der Waals surface area (Å²) in [5.41, 5.74) is 2.40. The van der Waals surface area contributed by atoms with E-state index in [9.17, 15) is 9.59 Å². The molecular weight excluding hydrogens is 306 g/mol. The number of nitrogens with zero attached hydrogens (tertiary/aromatic N) is 3. The minimum Gasteiger partial charge on any atom is -0.354 e. The molecule has 0 bridgehead atoms. The molecule has 0 aliphatic heterocycles. The molecule has 0 saturated carbocycles. The molecule has 0 saturated heterocycles. The zero-order valence-electron chi connectivity index (χ0n) is 14.2. The molecule has 1 heterocycles. The van der Waals surface area contributed by atoms with Gasteiger partial charge in [0.05, 0.1) is 6.20 Å². The first-order chi connectivity index (χ1) is 11.4. The summed E-state index contributed by atoms with van der Waals surface area (Å²) in [5, 5.41) is 13.2. The van der Waals surface area contributed by atoms with Crippen molar-refractivity contribution in [1.82, 2.24) is 20.3 Å². The summed E-state index contributed by atoms with van der Waals surface area (Å²) >= 11 is 0. The fourth-order valence-electron chi connectivity index (χ4n) is 2.01. The minimum atomic E-state index is -0.145. The molecule has 24 heavy (non-hydrogen) atoms. The predicted octanol–water partition coefficient (Wildman–Crippen LogP) is 1.54. The number of anilines is 1. The molecule has 0 aliphatic carbocycles. The van der Waals surface area contributed by atoms with E-state index in [-0.39, 0.29) is 24.3 Å². The summed E-state index contributed by atoms with van der Waals surface area (Å²) in [7, 11) is 0. The third kappa shape index (κ3) is 5.49. The molecule has 0 aliphatic rings. The number of aromatic nitrogens is 3. The predicted molar refractivity (Wildman–Crippen MR) is 91.4 cm³/mol. The summed E-state index contributed by atoms with van der Waals surface area (Å²) in [6.07, 6.45) is 2.32. The Balaban J connectivity index is 1.75. The van der Waals surface area contributed by atoms with E-state index in [1.54, 1.807) is 20.0 Å². The van der Waals surface area contributed by atoms with Crippen molar-refractivity contribution in [1.29, 1.82) is 0 Å². The molecule has 1 aromatic heterocycles. The average molecular weight is 329 g/mol. The molecule has 1 aromatic carbocycles. The van der Waals surface area contributed by atoms with Gasteiger partial charge >= 0.3 is 0 Å². The van der Waals surface area contributed by atoms with Crippen LogP contribution >= 0.6 is 0 Å². The summed E-state index contributed by atoms with van der Waals surface area (Å²) in [6, 6.07) is 8.23. The number of benzene rings is 1. The molecule has 7 heteroatoms. The van der Waals surface area contributed by atoms with Crippen molar-refractivity contribution in [3.8, 4) is 0 Å². The van der Waals surface area contributed by atoms with E-state index < -0.39 is 0 Å². The highest BCUT2D eigenvalue weighted by atomic mass is 16.2. The number of carbonyl (C=O) groups is 2. The molecule has 2 N–H and O–H groups in total. The van der Waals surface area contributed by atoms with Crippen LogP contribution in [-0.2, 0) is 22.6 Å². The number of hydrogen-bond acceptors (Lipinski definition) is 4. The largest absolute Gasteiger partial charge is 0.354 e. The van der Waals surface area contributed by atoms with E-state index in [1.807, 2.05) is 6.92 Å². The second-order valence-corrected chi connectivity index (χ2v) is 6.03. The number of nitrogens with one attached hydrogen (secondary N) is 2. The lowest BCUT2D eigenvalue weighted by molar-refractivity contribution is -0.122. The molecular formula is C17H23N5O2. The van der Waals surface area contributed by atoms with Crippen LogP contribution in [0.25, 0.3) is 0 Å². The van der Waals surface area contributed by atoms with Crippen LogP contribution in [0.4, 0.5) is 5.82 Å². The van der Waals surface area contributed by atoms with Gasteiger partial charge in [-0.2, -0.15) is 0 Å². The van der Waals surface area contributed by atoms with Crippen molar-refractivity contribution in [2.24, 2.45) is 5.92 Å². The van der Waals surface area contributed by atoms with Crippen molar-refractivity contribution in [2.75, 3.05) is 11.9 Å². The quantitative estimate of drug-likeness (QED) is 0.806. The molecule has 7 nitrogen and oxygen atoms in total. The third-order valence-electron chi connectivity index (χ3n) is 3.48. The number of amides is 2. The summed E-state index contributed by atoms with van der Waals surface area (Å²) in [5.74, 6) is -0.0697. The maximum atomic E-state index is 11.9. The van der Waals surface area contributed by atoms with E-state index >= 15 is 0 Å². The minimum absolute atomic E-state index is 0.0679. The van der Waals surface area contributed by atoms with Crippen LogP contribution in [0.5, 0.6) is 0 Å². The van der Waals surface area contributed by atoms with Gasteiger partial charge in [-0.05, 0) is 18.9 Å².